The molecular weight excluding hydrogens is 308 g/mol. The van der Waals surface area contributed by atoms with Gasteiger partial charge in [0.05, 0.1) is 6.04 Å². The standard InChI is InChI=1S/C17H26N4O3/c22-15(19-11-3-4-11)6-5-13-8-18-17(24)14-7-12(9-21(13)14)20-16(23)10-1-2-10/h10-14H,1-9H2,(H,18,24)(H,19,22)(H,20,23). The number of carbonyl (C=O) groups excluding carboxylic acids is 3. The first-order valence-electron chi connectivity index (χ1n) is 9.23. The molecule has 24 heavy (non-hydrogen) atoms. The molecule has 2 aliphatic carbocycles. The van der Waals surface area contributed by atoms with Gasteiger partial charge in [-0.15, -0.1) is 0 Å². The molecule has 2 heterocycles. The van der Waals surface area contributed by atoms with E-state index in [1.165, 1.54) is 0 Å². The average Bonchev–Trinajstić information content (AvgIpc) is 3.46. The number of rotatable bonds is 6. The van der Waals surface area contributed by atoms with Gasteiger partial charge < -0.3 is 16.0 Å². The van der Waals surface area contributed by atoms with E-state index >= 15 is 0 Å². The van der Waals surface area contributed by atoms with E-state index < -0.39 is 0 Å². The molecule has 3 unspecified atom stereocenters. The van der Waals surface area contributed by atoms with Crippen molar-refractivity contribution in [2.45, 2.75) is 69.1 Å². The maximum atomic E-state index is 12.1. The Bertz CT molecular complexity index is 544. The molecule has 3 atom stereocenters. The number of fused-ring (bicyclic) bond motifs is 1. The lowest BCUT2D eigenvalue weighted by atomic mass is 10.0. The van der Waals surface area contributed by atoms with Gasteiger partial charge in [-0.3, -0.25) is 19.3 Å². The first-order valence-corrected chi connectivity index (χ1v) is 9.23. The van der Waals surface area contributed by atoms with Gasteiger partial charge >= 0.3 is 0 Å². The van der Waals surface area contributed by atoms with Crippen molar-refractivity contribution < 1.29 is 14.4 Å². The van der Waals surface area contributed by atoms with E-state index in [0.717, 1.165) is 32.1 Å². The Labute approximate surface area is 141 Å². The van der Waals surface area contributed by atoms with E-state index in [0.29, 0.717) is 32.0 Å². The van der Waals surface area contributed by atoms with Crippen LogP contribution in [0.15, 0.2) is 0 Å². The Morgan fingerprint density at radius 1 is 1.12 bits per heavy atom. The van der Waals surface area contributed by atoms with Crippen molar-refractivity contribution in [2.75, 3.05) is 13.1 Å². The molecule has 2 saturated heterocycles. The van der Waals surface area contributed by atoms with Crippen molar-refractivity contribution in [2.24, 2.45) is 5.92 Å². The molecule has 0 bridgehead atoms. The maximum absolute atomic E-state index is 12.1. The van der Waals surface area contributed by atoms with Crippen LogP contribution in [0.2, 0.25) is 0 Å². The normalized spacial score (nSPS) is 32.8. The van der Waals surface area contributed by atoms with Crippen LogP contribution >= 0.6 is 0 Å². The Morgan fingerprint density at radius 2 is 1.92 bits per heavy atom. The molecule has 3 N–H and O–H groups in total. The summed E-state index contributed by atoms with van der Waals surface area (Å²) in [5.74, 6) is 0.500. The average molecular weight is 334 g/mol. The molecule has 4 rings (SSSR count). The van der Waals surface area contributed by atoms with Gasteiger partial charge in [0.25, 0.3) is 0 Å². The zero-order valence-corrected chi connectivity index (χ0v) is 13.9. The topological polar surface area (TPSA) is 90.5 Å². The molecule has 0 spiro atoms. The Balaban J connectivity index is 1.31. The summed E-state index contributed by atoms with van der Waals surface area (Å²) in [6, 6.07) is 0.458. The van der Waals surface area contributed by atoms with E-state index in [1.54, 1.807) is 0 Å². The second-order valence-electron chi connectivity index (χ2n) is 7.71. The largest absolute Gasteiger partial charge is 0.353 e. The van der Waals surface area contributed by atoms with Crippen LogP contribution in [0.4, 0.5) is 0 Å². The number of hydrogen-bond donors (Lipinski definition) is 3. The van der Waals surface area contributed by atoms with Crippen LogP contribution in [0, 0.1) is 5.92 Å². The van der Waals surface area contributed by atoms with Crippen LogP contribution in [0.1, 0.15) is 44.9 Å². The van der Waals surface area contributed by atoms with Crippen LogP contribution in [0.3, 0.4) is 0 Å². The minimum Gasteiger partial charge on any atom is -0.353 e. The number of nitrogens with one attached hydrogen (secondary N) is 3. The van der Waals surface area contributed by atoms with Gasteiger partial charge in [0.15, 0.2) is 0 Å². The molecule has 0 aromatic heterocycles. The fourth-order valence-electron chi connectivity index (χ4n) is 3.84. The molecule has 7 nitrogen and oxygen atoms in total. The van der Waals surface area contributed by atoms with Gasteiger partial charge in [0, 0.05) is 43.6 Å². The summed E-state index contributed by atoms with van der Waals surface area (Å²) in [5.41, 5.74) is 0. The Hall–Kier alpha value is -1.63. The van der Waals surface area contributed by atoms with Gasteiger partial charge in [-0.05, 0) is 38.5 Å². The van der Waals surface area contributed by atoms with E-state index in [1.807, 2.05) is 0 Å². The van der Waals surface area contributed by atoms with Crippen molar-refractivity contribution in [1.29, 1.82) is 0 Å². The first kappa shape index (κ1) is 15.9. The Morgan fingerprint density at radius 3 is 2.62 bits per heavy atom. The second-order valence-corrected chi connectivity index (χ2v) is 7.71. The molecule has 0 radical (unpaired) electrons. The highest BCUT2D eigenvalue weighted by Gasteiger charge is 2.44. The first-order chi connectivity index (χ1) is 11.6. The lowest BCUT2D eigenvalue weighted by Crippen LogP contribution is -2.58. The fraction of sp³-hybridized carbons (Fsp3) is 0.824. The summed E-state index contributed by atoms with van der Waals surface area (Å²) in [5, 5.41) is 9.08. The van der Waals surface area contributed by atoms with E-state index in [-0.39, 0.29) is 41.8 Å². The van der Waals surface area contributed by atoms with Crippen molar-refractivity contribution in [3.63, 3.8) is 0 Å². The minimum absolute atomic E-state index is 0.0507. The van der Waals surface area contributed by atoms with E-state index in [4.69, 9.17) is 0 Å². The predicted molar refractivity (Wildman–Crippen MR) is 87.0 cm³/mol. The molecule has 2 aliphatic heterocycles. The maximum Gasteiger partial charge on any atom is 0.237 e. The quantitative estimate of drug-likeness (QED) is 0.611. The highest BCUT2D eigenvalue weighted by atomic mass is 16.2. The Kier molecular flexibility index (Phi) is 4.20. The van der Waals surface area contributed by atoms with E-state index in [2.05, 4.69) is 20.9 Å². The molecule has 2 saturated carbocycles. The lowest BCUT2D eigenvalue weighted by Gasteiger charge is -2.37. The lowest BCUT2D eigenvalue weighted by molar-refractivity contribution is -0.129. The smallest absolute Gasteiger partial charge is 0.237 e. The summed E-state index contributed by atoms with van der Waals surface area (Å²) in [4.78, 5) is 38.2. The van der Waals surface area contributed by atoms with Gasteiger partial charge in [-0.1, -0.05) is 0 Å². The summed E-state index contributed by atoms with van der Waals surface area (Å²) < 4.78 is 0. The van der Waals surface area contributed by atoms with Crippen molar-refractivity contribution in [3.8, 4) is 0 Å². The highest BCUT2D eigenvalue weighted by Crippen LogP contribution is 2.31. The monoisotopic (exact) mass is 334 g/mol. The minimum atomic E-state index is -0.167. The van der Waals surface area contributed by atoms with Crippen LogP contribution in [0.5, 0.6) is 0 Å². The molecule has 3 amide bonds. The predicted octanol–water partition coefficient (Wildman–Crippen LogP) is -0.487. The van der Waals surface area contributed by atoms with Crippen molar-refractivity contribution in [3.05, 3.63) is 0 Å². The number of carbonyl (C=O) groups is 3. The van der Waals surface area contributed by atoms with Gasteiger partial charge in [0.1, 0.15) is 0 Å². The zero-order valence-electron chi connectivity index (χ0n) is 13.9. The van der Waals surface area contributed by atoms with Crippen molar-refractivity contribution >= 4 is 17.7 Å². The van der Waals surface area contributed by atoms with E-state index in [9.17, 15) is 14.4 Å². The molecule has 4 aliphatic rings. The summed E-state index contributed by atoms with van der Waals surface area (Å²) in [6.07, 6.45) is 6.10. The molecule has 7 heteroatoms. The summed E-state index contributed by atoms with van der Waals surface area (Å²) in [7, 11) is 0. The van der Waals surface area contributed by atoms with Crippen molar-refractivity contribution in [1.82, 2.24) is 20.9 Å². The molecular formula is C17H26N4O3. The fourth-order valence-corrected chi connectivity index (χ4v) is 3.84. The summed E-state index contributed by atoms with van der Waals surface area (Å²) in [6.45, 7) is 1.31. The number of piperazine rings is 1. The highest BCUT2D eigenvalue weighted by molar-refractivity contribution is 5.84. The molecule has 0 aromatic rings. The molecule has 0 aromatic carbocycles. The van der Waals surface area contributed by atoms with Crippen LogP contribution < -0.4 is 16.0 Å². The van der Waals surface area contributed by atoms with Crippen LogP contribution in [-0.2, 0) is 14.4 Å². The number of nitrogens with zero attached hydrogens (tertiary/aromatic N) is 1. The number of hydrogen-bond acceptors (Lipinski definition) is 4. The summed E-state index contributed by atoms with van der Waals surface area (Å²) >= 11 is 0. The third kappa shape index (κ3) is 3.55. The molecule has 4 fully saturated rings. The van der Waals surface area contributed by atoms with Crippen LogP contribution in [0.25, 0.3) is 0 Å². The van der Waals surface area contributed by atoms with Gasteiger partial charge in [-0.2, -0.15) is 0 Å². The molecule has 132 valence electrons. The third-order valence-corrected chi connectivity index (χ3v) is 5.56. The van der Waals surface area contributed by atoms with Gasteiger partial charge in [0.2, 0.25) is 17.7 Å². The third-order valence-electron chi connectivity index (χ3n) is 5.56. The number of amides is 3. The zero-order chi connectivity index (χ0) is 16.7. The van der Waals surface area contributed by atoms with Gasteiger partial charge in [-0.25, -0.2) is 0 Å². The van der Waals surface area contributed by atoms with Crippen LogP contribution in [-0.4, -0.2) is 59.9 Å². The SMILES string of the molecule is O=C(CCC1CNC(=O)C2CC(NC(=O)C3CC3)CN12)NC1CC1. The second kappa shape index (κ2) is 6.35.